The van der Waals surface area contributed by atoms with Gasteiger partial charge in [-0.3, -0.25) is 19.4 Å². The summed E-state index contributed by atoms with van der Waals surface area (Å²) in [6, 6.07) is 15.7. The van der Waals surface area contributed by atoms with Crippen LogP contribution in [0.3, 0.4) is 0 Å². The maximum atomic E-state index is 13.8. The van der Waals surface area contributed by atoms with E-state index in [2.05, 4.69) is 70.1 Å². The molecule has 0 aromatic heterocycles. The van der Waals surface area contributed by atoms with Crippen LogP contribution in [-0.2, 0) is 36.3 Å². The van der Waals surface area contributed by atoms with Crippen LogP contribution in [0.2, 0.25) is 0 Å². The van der Waals surface area contributed by atoms with Gasteiger partial charge in [0.2, 0.25) is 0 Å². The van der Waals surface area contributed by atoms with Crippen LogP contribution in [0.15, 0.2) is 36.4 Å². The monoisotopic (exact) mass is 716 g/mol. The predicted octanol–water partition coefficient (Wildman–Crippen LogP) is 5.81. The molecule has 6 aliphatic heterocycles. The molecule has 0 radical (unpaired) electrons. The highest BCUT2D eigenvalue weighted by molar-refractivity contribution is 5.83. The highest BCUT2D eigenvalue weighted by atomic mass is 16.5. The van der Waals surface area contributed by atoms with Crippen molar-refractivity contribution in [2.45, 2.75) is 117 Å². The van der Waals surface area contributed by atoms with Gasteiger partial charge < -0.3 is 19.3 Å². The molecule has 2 aromatic rings. The predicted molar refractivity (Wildman–Crippen MR) is 203 cm³/mol. The van der Waals surface area contributed by atoms with Crippen molar-refractivity contribution in [1.29, 1.82) is 0 Å². The summed E-state index contributed by atoms with van der Waals surface area (Å²) in [6.45, 7) is 4.65. The summed E-state index contributed by atoms with van der Waals surface area (Å²) in [4.78, 5) is 38.5. The first kappa shape index (κ1) is 32.2. The third-order valence-electron chi connectivity index (χ3n) is 19.0. The molecule has 280 valence electrons. The Morgan fingerprint density at radius 2 is 1.08 bits per heavy atom. The molecule has 4 bridgehead atoms. The molecule has 2 aromatic carbocycles. The molecule has 53 heavy (non-hydrogen) atoms. The first-order chi connectivity index (χ1) is 25.7. The Kier molecular flexibility index (Phi) is 6.07. The number of anilines is 2. The molecule has 6 heterocycles. The zero-order valence-corrected chi connectivity index (χ0v) is 32.2. The SMILES string of the molecule is COC(=O)C1CC23CCCN4CCC5(c6cc(Cc7ccc8c(c7)C79CCN%10CCCC%11(CCC7(C(C(=O)OC)C%11)N8C)C%109)ccc6N(C)C15CC2)C43. The number of ether oxygens (including phenoxy) is 2. The van der Waals surface area contributed by atoms with E-state index in [9.17, 15) is 9.59 Å². The normalized spacial score (nSPS) is 45.0. The van der Waals surface area contributed by atoms with Gasteiger partial charge in [0.25, 0.3) is 0 Å². The molecule has 6 spiro atoms. The highest BCUT2D eigenvalue weighted by Crippen LogP contribution is 2.77. The number of likely N-dealkylation sites (N-methyl/N-ethyl adjacent to an activating group) is 2. The van der Waals surface area contributed by atoms with Crippen molar-refractivity contribution in [2.24, 2.45) is 22.7 Å². The van der Waals surface area contributed by atoms with Crippen molar-refractivity contribution in [1.82, 2.24) is 9.80 Å². The van der Waals surface area contributed by atoms with E-state index in [4.69, 9.17) is 9.47 Å². The first-order valence-corrected chi connectivity index (χ1v) is 21.0. The number of rotatable bonds is 4. The van der Waals surface area contributed by atoms with Crippen molar-refractivity contribution in [3.8, 4) is 0 Å². The first-order valence-electron chi connectivity index (χ1n) is 21.0. The molecular formula is C45H56N4O4. The number of methoxy groups -OCH3 is 2. The van der Waals surface area contributed by atoms with Crippen LogP contribution >= 0.6 is 0 Å². The third-order valence-corrected chi connectivity index (χ3v) is 19.0. The van der Waals surface area contributed by atoms with Gasteiger partial charge in [0, 0.05) is 48.4 Å². The number of hydrogen-bond donors (Lipinski definition) is 0. The summed E-state index contributed by atoms with van der Waals surface area (Å²) in [5.41, 5.74) is 8.26. The van der Waals surface area contributed by atoms with Crippen molar-refractivity contribution >= 4 is 23.3 Å². The summed E-state index contributed by atoms with van der Waals surface area (Å²) >= 11 is 0. The second kappa shape index (κ2) is 10.0. The molecule has 4 saturated heterocycles. The highest BCUT2D eigenvalue weighted by Gasteiger charge is 2.82. The number of benzene rings is 2. The average molecular weight is 717 g/mol. The summed E-state index contributed by atoms with van der Waals surface area (Å²) in [6.07, 6.45) is 14.6. The van der Waals surface area contributed by atoms with Gasteiger partial charge in [-0.25, -0.2) is 0 Å². The fourth-order valence-corrected chi connectivity index (χ4v) is 17.8. The minimum atomic E-state index is -0.230. The number of fused-ring (bicyclic) bond motifs is 6. The lowest BCUT2D eigenvalue weighted by molar-refractivity contribution is -0.175. The summed E-state index contributed by atoms with van der Waals surface area (Å²) in [5.74, 6) is -0.181. The van der Waals surface area contributed by atoms with Gasteiger partial charge in [-0.2, -0.15) is 0 Å². The fourth-order valence-electron chi connectivity index (χ4n) is 17.8. The Morgan fingerprint density at radius 3 is 1.51 bits per heavy atom. The van der Waals surface area contributed by atoms with Gasteiger partial charge in [0.15, 0.2) is 0 Å². The van der Waals surface area contributed by atoms with Crippen LogP contribution in [0.4, 0.5) is 11.4 Å². The van der Waals surface area contributed by atoms with Crippen LogP contribution in [0.25, 0.3) is 0 Å². The molecule has 12 aliphatic rings. The summed E-state index contributed by atoms with van der Waals surface area (Å²) in [5, 5.41) is 0. The Balaban J connectivity index is 0.974. The molecule has 14 rings (SSSR count). The lowest BCUT2D eigenvalue weighted by Gasteiger charge is -2.70. The van der Waals surface area contributed by atoms with Crippen LogP contribution in [0.5, 0.6) is 0 Å². The van der Waals surface area contributed by atoms with Gasteiger partial charge in [-0.05, 0) is 155 Å². The minimum absolute atomic E-state index is 0.00198. The van der Waals surface area contributed by atoms with E-state index in [-0.39, 0.29) is 56.5 Å². The summed E-state index contributed by atoms with van der Waals surface area (Å²) < 4.78 is 11.3. The topological polar surface area (TPSA) is 65.6 Å². The van der Waals surface area contributed by atoms with Gasteiger partial charge >= 0.3 is 11.9 Å². The van der Waals surface area contributed by atoms with E-state index in [1.807, 2.05) is 0 Å². The molecule has 10 atom stereocenters. The Labute approximate surface area is 314 Å². The lowest BCUT2D eigenvalue weighted by atomic mass is 9.38. The van der Waals surface area contributed by atoms with Crippen LogP contribution in [-0.4, -0.2) is 99.4 Å². The van der Waals surface area contributed by atoms with E-state index in [1.54, 1.807) is 14.2 Å². The number of piperidine rings is 2. The van der Waals surface area contributed by atoms with Crippen LogP contribution < -0.4 is 9.80 Å². The van der Waals surface area contributed by atoms with Gasteiger partial charge in [-0.15, -0.1) is 0 Å². The molecular weight excluding hydrogens is 661 g/mol. The molecule has 8 heteroatoms. The van der Waals surface area contributed by atoms with E-state index < -0.39 is 0 Å². The Morgan fingerprint density at radius 1 is 0.623 bits per heavy atom. The number of nitrogens with zero attached hydrogens (tertiary/aromatic N) is 4. The number of esters is 2. The maximum absolute atomic E-state index is 13.8. The maximum Gasteiger partial charge on any atom is 0.311 e. The number of carbonyl (C=O) groups excluding carboxylic acids is 2. The van der Waals surface area contributed by atoms with E-state index in [0.717, 1.165) is 58.0 Å². The molecule has 8 nitrogen and oxygen atoms in total. The molecule has 10 fully saturated rings. The zero-order valence-electron chi connectivity index (χ0n) is 32.2. The van der Waals surface area contributed by atoms with Crippen molar-refractivity contribution < 1.29 is 19.1 Å². The van der Waals surface area contributed by atoms with Crippen LogP contribution in [0, 0.1) is 22.7 Å². The van der Waals surface area contributed by atoms with E-state index >= 15 is 0 Å². The molecule has 0 N–H and O–H groups in total. The quantitative estimate of drug-likeness (QED) is 0.368. The Bertz CT molecular complexity index is 1860. The molecule has 0 amide bonds. The van der Waals surface area contributed by atoms with Gasteiger partial charge in [0.1, 0.15) is 0 Å². The van der Waals surface area contributed by atoms with Crippen molar-refractivity contribution in [3.63, 3.8) is 0 Å². The lowest BCUT2D eigenvalue weighted by Crippen LogP contribution is -2.78. The molecule has 6 aliphatic carbocycles. The molecule has 10 unspecified atom stereocenters. The van der Waals surface area contributed by atoms with Crippen molar-refractivity contribution in [2.75, 3.05) is 64.3 Å². The van der Waals surface area contributed by atoms with Crippen molar-refractivity contribution in [3.05, 3.63) is 58.7 Å². The largest absolute Gasteiger partial charge is 0.469 e. The van der Waals surface area contributed by atoms with Gasteiger partial charge in [-0.1, -0.05) is 24.3 Å². The molecule has 6 saturated carbocycles. The fraction of sp³-hybridized carbons (Fsp3) is 0.689. The third kappa shape index (κ3) is 3.22. The standard InChI is InChI=1S/C45H56N4O4/c1-46-34-9-7-28(24-30(34)42-17-21-48-19-5-11-40(38(42)48)13-15-44(42,46)32(26-40)36(50)52-3)23-29-8-10-35-31(25-29)43-18-22-49-20-6-12-41(39(43)49)14-16-45(43,47(35)2)33(27-41)37(51)53-4/h7-10,24-25,32-33,38-39H,5-6,11-23,26-27H2,1-4H3. The van der Waals surface area contributed by atoms with Gasteiger partial charge in [0.05, 0.1) is 37.1 Å². The van der Waals surface area contributed by atoms with E-state index in [0.29, 0.717) is 12.1 Å². The summed E-state index contributed by atoms with van der Waals surface area (Å²) in [7, 11) is 7.79. The minimum Gasteiger partial charge on any atom is -0.469 e. The number of carbonyl (C=O) groups is 2. The zero-order chi connectivity index (χ0) is 35.9. The average Bonchev–Trinajstić information content (AvgIpc) is 3.91. The smallest absolute Gasteiger partial charge is 0.311 e. The van der Waals surface area contributed by atoms with Crippen LogP contribution in [0.1, 0.15) is 99.3 Å². The van der Waals surface area contributed by atoms with E-state index in [1.165, 1.54) is 85.2 Å². The number of hydrogen-bond acceptors (Lipinski definition) is 8. The second-order valence-electron chi connectivity index (χ2n) is 19.7. The Hall–Kier alpha value is -3.10. The second-order valence-corrected chi connectivity index (χ2v) is 19.7.